The number of methoxy groups -OCH3 is 3. The molecule has 0 aliphatic heterocycles. The second kappa shape index (κ2) is 33.1. The van der Waals surface area contributed by atoms with Crippen molar-refractivity contribution in [2.24, 2.45) is 17.3 Å². The first kappa shape index (κ1) is 74.6. The highest BCUT2D eigenvalue weighted by molar-refractivity contribution is 6.84. The van der Waals surface area contributed by atoms with Crippen LogP contribution in [-0.4, -0.2) is 94.6 Å². The maximum absolute atomic E-state index is 9.94. The van der Waals surface area contributed by atoms with E-state index in [0.29, 0.717) is 11.8 Å². The topological polar surface area (TPSA) is 146 Å². The van der Waals surface area contributed by atoms with E-state index in [1.165, 1.54) is 95.1 Å². The van der Waals surface area contributed by atoms with Crippen LogP contribution in [0.1, 0.15) is 164 Å². The van der Waals surface area contributed by atoms with Gasteiger partial charge in [0.2, 0.25) is 0 Å². The molecule has 13 heteroatoms. The van der Waals surface area contributed by atoms with Crippen molar-refractivity contribution in [2.45, 2.75) is 194 Å². The van der Waals surface area contributed by atoms with Crippen molar-refractivity contribution in [3.8, 4) is 17.2 Å². The summed E-state index contributed by atoms with van der Waals surface area (Å²) in [7, 11) is 10.1. The van der Waals surface area contributed by atoms with E-state index in [1.54, 1.807) is 21.3 Å². The number of nitrogens with one attached hydrogen (secondary N) is 4. The van der Waals surface area contributed by atoms with Gasteiger partial charge >= 0.3 is 0 Å². The van der Waals surface area contributed by atoms with Crippen LogP contribution in [-0.2, 0) is 40.2 Å². The van der Waals surface area contributed by atoms with Crippen molar-refractivity contribution >= 4 is 28.0 Å². The van der Waals surface area contributed by atoms with Crippen molar-refractivity contribution in [3.63, 3.8) is 0 Å². The highest BCUT2D eigenvalue weighted by Gasteiger charge is 2.48. The molecule has 0 heterocycles. The Morgan fingerprint density at radius 3 is 1.13 bits per heavy atom. The van der Waals surface area contributed by atoms with Crippen LogP contribution in [0.5, 0.6) is 17.2 Å². The molecule has 0 bridgehead atoms. The third-order valence-electron chi connectivity index (χ3n) is 21.2. The molecule has 0 spiro atoms. The lowest BCUT2D eigenvalue weighted by atomic mass is 9.53. The predicted octanol–water partition coefficient (Wildman–Crippen LogP) is 16.8. The average Bonchev–Trinajstić information content (AvgIpc) is 0.759. The van der Waals surface area contributed by atoms with Crippen molar-refractivity contribution in [1.29, 1.82) is 0 Å². The van der Waals surface area contributed by atoms with Crippen LogP contribution in [0.15, 0.2) is 109 Å². The minimum absolute atomic E-state index is 0.0311. The lowest BCUT2D eigenvalue weighted by Gasteiger charge is -2.52. The molecule has 500 valence electrons. The molecule has 6 aromatic carbocycles. The van der Waals surface area contributed by atoms with Gasteiger partial charge in [-0.25, -0.2) is 0 Å². The number of aliphatic hydroxyl groups is 3. The van der Waals surface area contributed by atoms with Crippen molar-refractivity contribution in [1.82, 2.24) is 10.6 Å². The number of anilines is 2. The highest BCUT2D eigenvalue weighted by Crippen LogP contribution is 2.58. The van der Waals surface area contributed by atoms with Crippen molar-refractivity contribution < 1.29 is 33.6 Å². The molecule has 11 nitrogen and oxygen atoms in total. The molecule has 6 aromatic rings. The summed E-state index contributed by atoms with van der Waals surface area (Å²) in [5.41, 5.74) is 17.3. The summed E-state index contributed by atoms with van der Waals surface area (Å²) < 4.78 is 23.3. The Morgan fingerprint density at radius 2 is 0.791 bits per heavy atom. The maximum Gasteiger partial charge on any atom is 0.173 e. The fourth-order valence-corrected chi connectivity index (χ4v) is 24.1. The van der Waals surface area contributed by atoms with Gasteiger partial charge in [0, 0.05) is 41.6 Å². The van der Waals surface area contributed by atoms with Gasteiger partial charge in [-0.3, -0.25) is 0 Å². The zero-order valence-corrected chi connectivity index (χ0v) is 61.5. The average molecular weight is 1280 g/mol. The third kappa shape index (κ3) is 18.1. The predicted molar refractivity (Wildman–Crippen MR) is 388 cm³/mol. The van der Waals surface area contributed by atoms with Gasteiger partial charge in [-0.15, -0.1) is 0 Å². The van der Waals surface area contributed by atoms with Gasteiger partial charge in [-0.2, -0.15) is 0 Å². The van der Waals surface area contributed by atoms with Gasteiger partial charge in [-0.1, -0.05) is 107 Å². The van der Waals surface area contributed by atoms with E-state index in [-0.39, 0.29) is 41.5 Å². The van der Waals surface area contributed by atoms with Crippen LogP contribution >= 0.6 is 0 Å². The minimum Gasteiger partial charge on any atom is -0.496 e. The summed E-state index contributed by atoms with van der Waals surface area (Å²) in [4.78, 5) is 0. The van der Waals surface area contributed by atoms with E-state index in [2.05, 4.69) is 200 Å². The van der Waals surface area contributed by atoms with E-state index < -0.39 is 16.6 Å². The summed E-state index contributed by atoms with van der Waals surface area (Å²) in [6.45, 7) is 30.0. The Hall–Kier alpha value is -5.49. The summed E-state index contributed by atoms with van der Waals surface area (Å²) in [5, 5.41) is 42.1. The molecule has 91 heavy (non-hydrogen) atoms. The Balaban J connectivity index is 0.000000270. The largest absolute Gasteiger partial charge is 0.496 e. The number of benzene rings is 6. The molecule has 8 rings (SSSR count). The number of ether oxygens (including phenoxy) is 3. The monoisotopic (exact) mass is 1280 g/mol. The smallest absolute Gasteiger partial charge is 0.173 e. The quantitative estimate of drug-likeness (QED) is 0.0206. The fraction of sp³-hybridized carbons (Fsp3) is 0.538. The Labute approximate surface area is 552 Å². The second-order valence-corrected chi connectivity index (χ2v) is 37.5. The van der Waals surface area contributed by atoms with E-state index in [0.717, 1.165) is 95.2 Å². The number of aliphatic hydroxyl groups excluding tert-OH is 3. The molecule has 2 fully saturated rings. The number of aryl methyl sites for hydroxylation is 4. The standard InChI is InChI=1S/C47H60O4.C19H26N2O2.C12H32N2OSi2/c1-31-25-39(11-9-35(31)29-48)46(40-12-10-36(30-49)32(2)26-40)21-17-37(18-22-46)45(5,6)38-19-23-47(24-20-38,41-13-15-43(50-7)33(3)27-41)42-14-16-44(51-8)34(4)28-42;1-19(2,14-7-6-13(12-22)16(10-14)20-3)15-8-9-18(23-5)17(11-15)21-4;1-13-9-7-11-16(3,4)15-17(5,6)12-8-10-14-2/h9-16,25-28,37-38,48-49H,17-24,29-30H2,1-8H3;6-11,20-22H,12H2,1-5H3;13-14H,7-12H2,1-6H3. The third-order valence-corrected chi connectivity index (χ3v) is 28.8. The summed E-state index contributed by atoms with van der Waals surface area (Å²) in [6.07, 6.45) is 11.7. The van der Waals surface area contributed by atoms with Crippen LogP contribution in [0.25, 0.3) is 0 Å². The molecule has 2 saturated carbocycles. The van der Waals surface area contributed by atoms with Gasteiger partial charge in [0.1, 0.15) is 17.2 Å². The lowest BCUT2D eigenvalue weighted by molar-refractivity contribution is 0.0364. The van der Waals surface area contributed by atoms with Gasteiger partial charge in [0.05, 0.1) is 46.8 Å². The first-order valence-corrected chi connectivity index (χ1v) is 40.0. The maximum atomic E-state index is 9.94. The molecular formula is C78H118N4O7Si2. The van der Waals surface area contributed by atoms with Crippen LogP contribution in [0.4, 0.5) is 11.4 Å². The summed E-state index contributed by atoms with van der Waals surface area (Å²) in [6, 6.07) is 42.0. The molecule has 2 aliphatic rings. The molecular weight excluding hydrogens is 1160 g/mol. The molecule has 0 atom stereocenters. The van der Waals surface area contributed by atoms with E-state index in [1.807, 2.05) is 40.3 Å². The van der Waals surface area contributed by atoms with E-state index in [4.69, 9.17) is 18.3 Å². The Morgan fingerprint density at radius 1 is 0.451 bits per heavy atom. The van der Waals surface area contributed by atoms with E-state index in [9.17, 15) is 15.3 Å². The van der Waals surface area contributed by atoms with Gasteiger partial charge in [0.15, 0.2) is 16.6 Å². The SMILES string of the molecule is CNCCC[Si](C)(C)O[Si](C)(C)CCCNC.CNc1cc(C(C)(C)c2ccc(OC)c(NC)c2)ccc1CO.COc1ccc(C2(c3ccc(OC)c(C)c3)CCC(C(C)(C)C3CCC(c4ccc(CO)c(C)c4)(c4ccc(CO)c(C)c4)CC3)CC2)cc1C. The normalized spacial score (nSPS) is 15.4. The fourth-order valence-electron chi connectivity index (χ4n) is 15.3. The van der Waals surface area contributed by atoms with Crippen LogP contribution < -0.4 is 35.5 Å². The molecule has 2 aliphatic carbocycles. The lowest BCUT2D eigenvalue weighted by Crippen LogP contribution is -2.44. The molecule has 0 saturated heterocycles. The van der Waals surface area contributed by atoms with Crippen molar-refractivity contribution in [3.05, 3.63) is 182 Å². The van der Waals surface area contributed by atoms with Crippen LogP contribution in [0, 0.1) is 44.9 Å². The minimum atomic E-state index is -1.43. The van der Waals surface area contributed by atoms with Gasteiger partial charge in [-0.05, 0) is 272 Å². The number of hydrogen-bond acceptors (Lipinski definition) is 11. The molecule has 0 aromatic heterocycles. The number of rotatable bonds is 26. The molecule has 0 unspecified atom stereocenters. The molecule has 0 amide bonds. The zero-order chi connectivity index (χ0) is 67.0. The first-order chi connectivity index (χ1) is 43.2. The summed E-state index contributed by atoms with van der Waals surface area (Å²) in [5.74, 6) is 4.02. The van der Waals surface area contributed by atoms with Crippen LogP contribution in [0.3, 0.4) is 0 Å². The van der Waals surface area contributed by atoms with Gasteiger partial charge < -0.3 is 54.9 Å². The summed E-state index contributed by atoms with van der Waals surface area (Å²) >= 11 is 0. The van der Waals surface area contributed by atoms with E-state index >= 15 is 0 Å². The van der Waals surface area contributed by atoms with Crippen LogP contribution in [0.2, 0.25) is 38.3 Å². The number of hydrogen-bond donors (Lipinski definition) is 7. The second-order valence-electron chi connectivity index (χ2n) is 28.6. The molecule has 7 N–H and O–H groups in total. The first-order valence-electron chi connectivity index (χ1n) is 33.7. The van der Waals surface area contributed by atoms with Crippen molar-refractivity contribution in [2.75, 3.05) is 73.2 Å². The Kier molecular flexibility index (Phi) is 27.1. The Bertz CT molecular complexity index is 2950. The highest BCUT2D eigenvalue weighted by atomic mass is 28.4. The zero-order valence-electron chi connectivity index (χ0n) is 59.5. The van der Waals surface area contributed by atoms with Gasteiger partial charge in [0.25, 0.3) is 0 Å². The molecule has 0 radical (unpaired) electrons.